The van der Waals surface area contributed by atoms with Crippen LogP contribution in [0.25, 0.3) is 0 Å². The Morgan fingerprint density at radius 3 is 2.47 bits per heavy atom. The monoisotopic (exact) mass is 260 g/mol. The molecular formula is C16H17FO2. The second-order valence-electron chi connectivity index (χ2n) is 4.66. The third kappa shape index (κ3) is 2.76. The number of ether oxygens (including phenoxy) is 1. The van der Waals surface area contributed by atoms with E-state index in [2.05, 4.69) is 0 Å². The molecule has 2 rings (SSSR count). The van der Waals surface area contributed by atoms with Crippen LogP contribution in [0.3, 0.4) is 0 Å². The quantitative estimate of drug-likeness (QED) is 0.914. The van der Waals surface area contributed by atoms with E-state index in [1.165, 1.54) is 6.07 Å². The lowest BCUT2D eigenvalue weighted by molar-refractivity contribution is 0.214. The Hall–Kier alpha value is -1.87. The summed E-state index contributed by atoms with van der Waals surface area (Å²) in [5.74, 6) is 0.362. The fourth-order valence-electron chi connectivity index (χ4n) is 2.06. The van der Waals surface area contributed by atoms with E-state index in [4.69, 9.17) is 4.74 Å². The van der Waals surface area contributed by atoms with Gasteiger partial charge < -0.3 is 9.84 Å². The molecular weight excluding hydrogens is 243 g/mol. The van der Waals surface area contributed by atoms with Crippen LogP contribution in [0.1, 0.15) is 28.4 Å². The summed E-state index contributed by atoms with van der Waals surface area (Å²) in [7, 11) is 1.57. The molecule has 0 aliphatic heterocycles. The van der Waals surface area contributed by atoms with E-state index < -0.39 is 6.10 Å². The fourth-order valence-corrected chi connectivity index (χ4v) is 2.06. The number of aliphatic hydroxyl groups is 1. The summed E-state index contributed by atoms with van der Waals surface area (Å²) in [5, 5.41) is 10.4. The first-order valence-electron chi connectivity index (χ1n) is 6.11. The van der Waals surface area contributed by atoms with Crippen LogP contribution < -0.4 is 4.74 Å². The molecule has 0 fully saturated rings. The average molecular weight is 260 g/mol. The minimum Gasteiger partial charge on any atom is -0.496 e. The van der Waals surface area contributed by atoms with Gasteiger partial charge in [-0.15, -0.1) is 0 Å². The maximum absolute atomic E-state index is 13.3. The fraction of sp³-hybridized carbons (Fsp3) is 0.250. The number of aryl methyl sites for hydroxylation is 2. The lowest BCUT2D eigenvalue weighted by Crippen LogP contribution is -2.03. The highest BCUT2D eigenvalue weighted by Gasteiger charge is 2.16. The van der Waals surface area contributed by atoms with E-state index in [0.717, 1.165) is 5.56 Å². The predicted molar refractivity (Wildman–Crippen MR) is 72.9 cm³/mol. The van der Waals surface area contributed by atoms with Gasteiger partial charge in [-0.25, -0.2) is 4.39 Å². The maximum atomic E-state index is 13.3. The molecule has 2 nitrogen and oxygen atoms in total. The molecule has 0 aliphatic carbocycles. The summed E-state index contributed by atoms with van der Waals surface area (Å²) >= 11 is 0. The first kappa shape index (κ1) is 13.6. The van der Waals surface area contributed by atoms with Gasteiger partial charge in [-0.3, -0.25) is 0 Å². The van der Waals surface area contributed by atoms with E-state index in [1.807, 2.05) is 25.1 Å². The summed E-state index contributed by atoms with van der Waals surface area (Å²) in [6.07, 6.45) is -0.824. The Labute approximate surface area is 112 Å². The molecule has 0 bridgehead atoms. The Bertz CT molecular complexity index is 593. The summed E-state index contributed by atoms with van der Waals surface area (Å²) in [6, 6.07) is 10.2. The summed E-state index contributed by atoms with van der Waals surface area (Å²) in [4.78, 5) is 0. The molecule has 3 heteroatoms. The van der Waals surface area contributed by atoms with Gasteiger partial charge >= 0.3 is 0 Å². The molecule has 1 unspecified atom stereocenters. The number of hydrogen-bond donors (Lipinski definition) is 1. The van der Waals surface area contributed by atoms with Gasteiger partial charge in [0.25, 0.3) is 0 Å². The minimum atomic E-state index is -0.824. The molecule has 0 saturated carbocycles. The number of methoxy groups -OCH3 is 1. The zero-order valence-electron chi connectivity index (χ0n) is 11.3. The zero-order chi connectivity index (χ0) is 14.0. The van der Waals surface area contributed by atoms with Crippen LogP contribution in [-0.2, 0) is 0 Å². The van der Waals surface area contributed by atoms with Crippen molar-refractivity contribution in [2.75, 3.05) is 7.11 Å². The molecule has 2 aromatic rings. The molecule has 0 saturated heterocycles. The summed E-state index contributed by atoms with van der Waals surface area (Å²) in [6.45, 7) is 3.64. The highest BCUT2D eigenvalue weighted by molar-refractivity contribution is 5.43. The Balaban J connectivity index is 2.43. The molecule has 1 atom stereocenters. The second kappa shape index (κ2) is 5.41. The normalized spacial score (nSPS) is 12.3. The van der Waals surface area contributed by atoms with E-state index in [0.29, 0.717) is 22.4 Å². The highest BCUT2D eigenvalue weighted by atomic mass is 19.1. The van der Waals surface area contributed by atoms with Crippen molar-refractivity contribution in [2.24, 2.45) is 0 Å². The van der Waals surface area contributed by atoms with Crippen LogP contribution in [0.5, 0.6) is 5.75 Å². The van der Waals surface area contributed by atoms with Crippen LogP contribution >= 0.6 is 0 Å². The van der Waals surface area contributed by atoms with Crippen molar-refractivity contribution in [3.63, 3.8) is 0 Å². The van der Waals surface area contributed by atoms with Crippen LogP contribution in [0.15, 0.2) is 36.4 Å². The van der Waals surface area contributed by atoms with E-state index in [1.54, 1.807) is 26.2 Å². The molecule has 2 aromatic carbocycles. The van der Waals surface area contributed by atoms with Gasteiger partial charge in [-0.2, -0.15) is 0 Å². The Kier molecular flexibility index (Phi) is 3.86. The van der Waals surface area contributed by atoms with Crippen molar-refractivity contribution >= 4 is 0 Å². The number of benzene rings is 2. The second-order valence-corrected chi connectivity index (χ2v) is 4.66. The predicted octanol–water partition coefficient (Wildman–Crippen LogP) is 3.53. The van der Waals surface area contributed by atoms with Gasteiger partial charge in [0.1, 0.15) is 17.7 Å². The van der Waals surface area contributed by atoms with Crippen LogP contribution in [0.4, 0.5) is 4.39 Å². The molecule has 0 heterocycles. The molecule has 100 valence electrons. The zero-order valence-corrected chi connectivity index (χ0v) is 11.3. The molecule has 0 radical (unpaired) electrons. The first-order chi connectivity index (χ1) is 9.02. The molecule has 0 amide bonds. The van der Waals surface area contributed by atoms with Crippen molar-refractivity contribution in [1.82, 2.24) is 0 Å². The van der Waals surface area contributed by atoms with Crippen molar-refractivity contribution < 1.29 is 14.2 Å². The van der Waals surface area contributed by atoms with E-state index >= 15 is 0 Å². The largest absolute Gasteiger partial charge is 0.496 e. The van der Waals surface area contributed by atoms with Gasteiger partial charge in [0.15, 0.2) is 0 Å². The molecule has 0 aromatic heterocycles. The summed E-state index contributed by atoms with van der Waals surface area (Å²) in [5.41, 5.74) is 2.91. The van der Waals surface area contributed by atoms with Gasteiger partial charge in [0, 0.05) is 5.56 Å². The van der Waals surface area contributed by atoms with Crippen LogP contribution in [0.2, 0.25) is 0 Å². The number of halogens is 1. The lowest BCUT2D eigenvalue weighted by Gasteiger charge is -2.16. The van der Waals surface area contributed by atoms with Gasteiger partial charge in [-0.1, -0.05) is 24.3 Å². The SMILES string of the molecule is COc1cc(C)ccc1C(O)c1ccc(F)c(C)c1. The third-order valence-electron chi connectivity index (χ3n) is 3.18. The van der Waals surface area contributed by atoms with Crippen molar-refractivity contribution in [1.29, 1.82) is 0 Å². The van der Waals surface area contributed by atoms with Gasteiger partial charge in [0.2, 0.25) is 0 Å². The van der Waals surface area contributed by atoms with Crippen LogP contribution in [0, 0.1) is 19.7 Å². The third-order valence-corrected chi connectivity index (χ3v) is 3.18. The standard InChI is InChI=1S/C16H17FO2/c1-10-4-6-13(15(8-10)19-3)16(18)12-5-7-14(17)11(2)9-12/h4-9,16,18H,1-3H3. The molecule has 0 spiro atoms. The van der Waals surface area contributed by atoms with Crippen molar-refractivity contribution in [3.8, 4) is 5.75 Å². The minimum absolute atomic E-state index is 0.271. The van der Waals surface area contributed by atoms with Gasteiger partial charge in [-0.05, 0) is 42.7 Å². The highest BCUT2D eigenvalue weighted by Crippen LogP contribution is 2.31. The number of rotatable bonds is 3. The molecule has 19 heavy (non-hydrogen) atoms. The lowest BCUT2D eigenvalue weighted by atomic mass is 9.98. The number of aliphatic hydroxyl groups excluding tert-OH is 1. The average Bonchev–Trinajstić information content (AvgIpc) is 2.41. The Morgan fingerprint density at radius 1 is 1.11 bits per heavy atom. The summed E-state index contributed by atoms with van der Waals surface area (Å²) < 4.78 is 18.5. The molecule has 1 N–H and O–H groups in total. The van der Waals surface area contributed by atoms with Crippen molar-refractivity contribution in [2.45, 2.75) is 20.0 Å². The number of hydrogen-bond acceptors (Lipinski definition) is 2. The Morgan fingerprint density at radius 2 is 1.84 bits per heavy atom. The van der Waals surface area contributed by atoms with Crippen LogP contribution in [-0.4, -0.2) is 12.2 Å². The molecule has 0 aliphatic rings. The first-order valence-corrected chi connectivity index (χ1v) is 6.11. The van der Waals surface area contributed by atoms with Crippen molar-refractivity contribution in [3.05, 3.63) is 64.5 Å². The topological polar surface area (TPSA) is 29.5 Å². The van der Waals surface area contributed by atoms with E-state index in [-0.39, 0.29) is 5.82 Å². The maximum Gasteiger partial charge on any atom is 0.126 e. The van der Waals surface area contributed by atoms with Gasteiger partial charge in [0.05, 0.1) is 7.11 Å². The smallest absolute Gasteiger partial charge is 0.126 e. The van der Waals surface area contributed by atoms with E-state index in [9.17, 15) is 9.50 Å².